The second-order valence-electron chi connectivity index (χ2n) is 13.4. The number of aryl methyl sites for hydroxylation is 2. The van der Waals surface area contributed by atoms with Gasteiger partial charge in [0.25, 0.3) is 0 Å². The third-order valence-corrected chi connectivity index (χ3v) is 16.3. The molecule has 1 saturated heterocycles. The molecule has 2 aliphatic rings. The molecule has 0 radical (unpaired) electrons. The van der Waals surface area contributed by atoms with Gasteiger partial charge in [-0.15, -0.1) is 8.15 Å². The maximum atomic E-state index is 15.2. The number of hydrogen-bond acceptors (Lipinski definition) is 7. The molecule has 12 heteroatoms. The van der Waals surface area contributed by atoms with E-state index in [-0.39, 0.29) is 28.3 Å². The van der Waals surface area contributed by atoms with Gasteiger partial charge in [0, 0.05) is 0 Å². The fourth-order valence-electron chi connectivity index (χ4n) is 6.45. The quantitative estimate of drug-likeness (QED) is 0.132. The highest BCUT2D eigenvalue weighted by Gasteiger charge is 2.61. The molecule has 2 heterocycles. The van der Waals surface area contributed by atoms with E-state index in [1.807, 2.05) is 105 Å². The molecule has 2 aliphatic heterocycles. The molecule has 1 fully saturated rings. The molecule has 0 amide bonds. The fraction of sp³-hybridized carbons (Fsp3) is 0.225. The highest BCUT2D eigenvalue weighted by atomic mass is 32.2. The van der Waals surface area contributed by atoms with Crippen molar-refractivity contribution in [3.63, 3.8) is 0 Å². The van der Waals surface area contributed by atoms with Crippen LogP contribution in [-0.2, 0) is 29.3 Å². The monoisotopic (exact) mass is 753 g/mol. The summed E-state index contributed by atoms with van der Waals surface area (Å²) in [6.45, 7) is 7.50. The molecule has 52 heavy (non-hydrogen) atoms. The third kappa shape index (κ3) is 6.85. The molecule has 5 aromatic carbocycles. The molecule has 7 rings (SSSR count). The maximum absolute atomic E-state index is 15.2. The van der Waals surface area contributed by atoms with Crippen molar-refractivity contribution in [2.24, 2.45) is 4.99 Å². The molecule has 3 atom stereocenters. The van der Waals surface area contributed by atoms with Gasteiger partial charge in [0.2, 0.25) is 34.4 Å². The lowest BCUT2D eigenvalue weighted by molar-refractivity contribution is 0.151. The molecule has 0 bridgehead atoms. The number of benzene rings is 5. The fourth-order valence-corrected chi connectivity index (χ4v) is 13.5. The first kappa shape index (κ1) is 36.2. The number of aliphatic imine (C=N–C) groups is 1. The SMILES string of the molecule is Cc1ccc(S(=O)(=O)N2[C@H](c3ccccc3)[C@@H](c3ccccc3)N(S(=O)(=O)c3ccc(C)cc3)P2OC(C)(C)C2=N[C@@H](c3ccccc3)CO2)cc1. The summed E-state index contributed by atoms with van der Waals surface area (Å²) in [7, 11) is -11.5. The minimum absolute atomic E-state index is 0.0212. The number of ether oxygens (including phenoxy) is 1. The zero-order valence-electron chi connectivity index (χ0n) is 29.3. The van der Waals surface area contributed by atoms with E-state index in [2.05, 4.69) is 0 Å². The molecule has 5 aromatic rings. The Morgan fingerprint density at radius 3 is 1.40 bits per heavy atom. The molecular weight excluding hydrogens is 714 g/mol. The summed E-state index contributed by atoms with van der Waals surface area (Å²) < 4.78 is 76.4. The second kappa shape index (κ2) is 14.3. The predicted molar refractivity (Wildman–Crippen MR) is 203 cm³/mol. The zero-order valence-corrected chi connectivity index (χ0v) is 31.8. The topological polar surface area (TPSA) is 106 Å². The standard InChI is InChI=1S/C40H40N3O6PS2/c1-29-20-24-34(25-21-29)51(44,45)42-37(32-16-10-6-11-17-32)38(33-18-12-7-13-19-33)43(52(46,47)35-26-22-30(2)23-27-35)50(42)49-40(3,4)39-41-36(28-48-39)31-14-8-5-9-15-31/h5-27,36-38H,28H2,1-4H3/t36-,37-,38-/m1/s1. The number of sulfonamides is 2. The minimum atomic E-state index is -4.42. The van der Waals surface area contributed by atoms with E-state index in [1.54, 1.807) is 62.4 Å². The van der Waals surface area contributed by atoms with Crippen LogP contribution in [0.1, 0.15) is 59.8 Å². The molecule has 0 spiro atoms. The minimum Gasteiger partial charge on any atom is -0.476 e. The molecule has 0 unspecified atom stereocenters. The van der Waals surface area contributed by atoms with Gasteiger partial charge < -0.3 is 9.26 Å². The Labute approximate surface area is 307 Å². The average Bonchev–Trinajstić information content (AvgIpc) is 3.78. The summed E-state index contributed by atoms with van der Waals surface area (Å²) in [4.78, 5) is 4.92. The van der Waals surface area contributed by atoms with Gasteiger partial charge in [-0.2, -0.15) is 0 Å². The average molecular weight is 754 g/mol. The Hall–Kier alpha value is -4.22. The lowest BCUT2D eigenvalue weighted by Gasteiger charge is -2.35. The molecule has 268 valence electrons. The van der Waals surface area contributed by atoms with Crippen LogP contribution in [-0.4, -0.2) is 43.1 Å². The highest BCUT2D eigenvalue weighted by molar-refractivity contribution is 7.98. The zero-order chi connectivity index (χ0) is 36.7. The van der Waals surface area contributed by atoms with Gasteiger partial charge in [-0.1, -0.05) is 126 Å². The van der Waals surface area contributed by atoms with Crippen molar-refractivity contribution in [3.8, 4) is 0 Å². The van der Waals surface area contributed by atoms with Crippen LogP contribution in [0, 0.1) is 13.8 Å². The Balaban J connectivity index is 1.47. The van der Waals surface area contributed by atoms with Crippen LogP contribution in [0.3, 0.4) is 0 Å². The summed E-state index contributed by atoms with van der Waals surface area (Å²) >= 11 is 0. The van der Waals surface area contributed by atoms with Crippen molar-refractivity contribution in [2.45, 2.75) is 61.2 Å². The van der Waals surface area contributed by atoms with Crippen LogP contribution in [0.2, 0.25) is 0 Å². The van der Waals surface area contributed by atoms with Crippen LogP contribution in [0.4, 0.5) is 0 Å². The van der Waals surface area contributed by atoms with Crippen molar-refractivity contribution in [1.29, 1.82) is 0 Å². The molecule has 0 aromatic heterocycles. The van der Waals surface area contributed by atoms with Gasteiger partial charge in [-0.25, -0.2) is 21.8 Å². The van der Waals surface area contributed by atoms with E-state index in [4.69, 9.17) is 14.3 Å². The number of hydrogen-bond donors (Lipinski definition) is 0. The van der Waals surface area contributed by atoms with Crippen LogP contribution in [0.15, 0.2) is 154 Å². The van der Waals surface area contributed by atoms with E-state index in [9.17, 15) is 0 Å². The van der Waals surface area contributed by atoms with Crippen molar-refractivity contribution in [2.75, 3.05) is 6.61 Å². The molecule has 0 saturated carbocycles. The molecule has 9 nitrogen and oxygen atoms in total. The first-order chi connectivity index (χ1) is 24.9. The van der Waals surface area contributed by atoms with Gasteiger partial charge >= 0.3 is 0 Å². The van der Waals surface area contributed by atoms with E-state index in [0.29, 0.717) is 11.1 Å². The van der Waals surface area contributed by atoms with Crippen molar-refractivity contribution in [3.05, 3.63) is 167 Å². The first-order valence-electron chi connectivity index (χ1n) is 17.0. The lowest BCUT2D eigenvalue weighted by atomic mass is 9.95. The van der Waals surface area contributed by atoms with Crippen LogP contribution in [0.25, 0.3) is 0 Å². The molecule has 0 N–H and O–H groups in total. The first-order valence-corrected chi connectivity index (χ1v) is 21.0. The Bertz CT molecular complexity index is 2150. The van der Waals surface area contributed by atoms with Gasteiger partial charge in [-0.3, -0.25) is 0 Å². The maximum Gasteiger partial charge on any atom is 0.249 e. The third-order valence-electron chi connectivity index (χ3n) is 9.18. The number of nitrogens with zero attached hydrogens (tertiary/aromatic N) is 3. The van der Waals surface area contributed by atoms with E-state index in [0.717, 1.165) is 16.7 Å². The summed E-state index contributed by atoms with van der Waals surface area (Å²) in [5.74, 6) is 0.253. The van der Waals surface area contributed by atoms with Gasteiger partial charge in [0.15, 0.2) is 0 Å². The van der Waals surface area contributed by atoms with Crippen LogP contribution in [0.5, 0.6) is 0 Å². The van der Waals surface area contributed by atoms with E-state index >= 15 is 16.8 Å². The van der Waals surface area contributed by atoms with Crippen molar-refractivity contribution < 1.29 is 26.1 Å². The van der Waals surface area contributed by atoms with Crippen molar-refractivity contribution in [1.82, 2.24) is 8.15 Å². The summed E-state index contributed by atoms with van der Waals surface area (Å²) in [5.41, 5.74) is 2.59. The van der Waals surface area contributed by atoms with Gasteiger partial charge in [-0.05, 0) is 68.7 Å². The predicted octanol–water partition coefficient (Wildman–Crippen LogP) is 8.67. The summed E-state index contributed by atoms with van der Waals surface area (Å²) in [5, 5.41) is 0. The summed E-state index contributed by atoms with van der Waals surface area (Å²) in [6.07, 6.45) is 0. The Morgan fingerprint density at radius 1 is 0.615 bits per heavy atom. The van der Waals surface area contributed by atoms with Crippen LogP contribution >= 0.6 is 8.45 Å². The Kier molecular flexibility index (Phi) is 9.95. The number of rotatable bonds is 10. The highest BCUT2D eigenvalue weighted by Crippen LogP contribution is 2.69. The smallest absolute Gasteiger partial charge is 0.249 e. The van der Waals surface area contributed by atoms with E-state index in [1.165, 1.54) is 8.15 Å². The van der Waals surface area contributed by atoms with Crippen molar-refractivity contribution >= 4 is 34.4 Å². The van der Waals surface area contributed by atoms with E-state index < -0.39 is 46.2 Å². The Morgan fingerprint density at radius 2 is 1.00 bits per heavy atom. The largest absolute Gasteiger partial charge is 0.476 e. The second-order valence-corrected chi connectivity index (χ2v) is 19.1. The lowest BCUT2D eigenvalue weighted by Crippen LogP contribution is -2.38. The van der Waals surface area contributed by atoms with Gasteiger partial charge in [0.05, 0.1) is 21.9 Å². The summed E-state index contributed by atoms with van der Waals surface area (Å²) in [6, 6.07) is 38.8. The normalized spacial score (nSPS) is 20.5. The van der Waals surface area contributed by atoms with Gasteiger partial charge in [0.1, 0.15) is 18.2 Å². The molecular formula is C40H40N3O6PS2. The molecule has 0 aliphatic carbocycles. The van der Waals surface area contributed by atoms with Crippen LogP contribution < -0.4 is 0 Å².